The Kier molecular flexibility index (Phi) is 11.7. The third-order valence-electron chi connectivity index (χ3n) is 10.6. The Morgan fingerprint density at radius 1 is 1.00 bits per heavy atom. The zero-order valence-corrected chi connectivity index (χ0v) is 34.5. The average Bonchev–Trinajstić information content (AvgIpc) is 3.75. The van der Waals surface area contributed by atoms with Gasteiger partial charge in [-0.05, 0) is 113 Å². The van der Waals surface area contributed by atoms with Crippen LogP contribution in [0.2, 0.25) is 10.0 Å². The molecule has 10 nitrogen and oxygen atoms in total. The summed E-state index contributed by atoms with van der Waals surface area (Å²) in [5, 5.41) is 18.0. The van der Waals surface area contributed by atoms with Crippen molar-refractivity contribution in [2.24, 2.45) is 7.05 Å². The number of nitrogens with zero attached hydrogens (tertiary/aromatic N) is 5. The molecule has 0 aliphatic rings. The van der Waals surface area contributed by atoms with E-state index in [1.54, 1.807) is 13.2 Å². The third-order valence-corrected chi connectivity index (χ3v) is 11.5. The van der Waals surface area contributed by atoms with Crippen molar-refractivity contribution in [2.75, 3.05) is 38.8 Å². The zero-order chi connectivity index (χ0) is 39.9. The van der Waals surface area contributed by atoms with E-state index in [-0.39, 0.29) is 11.7 Å². The Morgan fingerprint density at radius 3 is 2.33 bits per heavy atom. The lowest BCUT2D eigenvalue weighted by Gasteiger charge is -2.28. The van der Waals surface area contributed by atoms with Crippen molar-refractivity contribution in [3.05, 3.63) is 97.5 Å². The first-order chi connectivity index (χ1) is 26.2. The van der Waals surface area contributed by atoms with Crippen LogP contribution in [0.15, 0.2) is 42.5 Å². The van der Waals surface area contributed by atoms with Crippen LogP contribution in [0.3, 0.4) is 0 Å². The number of halogens is 2. The SMILES string of the molecule is COCCn1c(C(=O)O)cc2cc(C)cc(N(C)C[C@@H](C)n3c(C=O)c(CCCOc4cc(C)c(Cl)c(C)c4)c4ccc(Cl)c(-c5c(C)nn(C)c5C)c43)c21. The molecule has 0 unspecified atom stereocenters. The minimum Gasteiger partial charge on any atom is -0.494 e. The largest absolute Gasteiger partial charge is 0.494 e. The number of fused-ring (bicyclic) bond motifs is 2. The summed E-state index contributed by atoms with van der Waals surface area (Å²) in [6, 6.07) is 13.4. The lowest BCUT2D eigenvalue weighted by atomic mass is 9.98. The van der Waals surface area contributed by atoms with Gasteiger partial charge in [-0.25, -0.2) is 4.79 Å². The molecule has 0 saturated heterocycles. The molecule has 3 aromatic carbocycles. The Labute approximate surface area is 332 Å². The second-order valence-corrected chi connectivity index (χ2v) is 15.4. The van der Waals surface area contributed by atoms with Crippen LogP contribution in [0.1, 0.15) is 74.0 Å². The van der Waals surface area contributed by atoms with E-state index in [4.69, 9.17) is 37.8 Å². The normalized spacial score (nSPS) is 12.2. The van der Waals surface area contributed by atoms with E-state index in [1.807, 2.05) is 88.3 Å². The smallest absolute Gasteiger partial charge is 0.352 e. The molecule has 3 heterocycles. The quantitative estimate of drug-likeness (QED) is 0.0817. The molecule has 1 atom stereocenters. The number of carboxylic acids is 1. The van der Waals surface area contributed by atoms with Crippen molar-refractivity contribution in [1.82, 2.24) is 18.9 Å². The number of aromatic carboxylic acids is 1. The van der Waals surface area contributed by atoms with Gasteiger partial charge >= 0.3 is 5.97 Å². The van der Waals surface area contributed by atoms with E-state index in [0.717, 1.165) is 89.3 Å². The number of rotatable bonds is 15. The van der Waals surface area contributed by atoms with Gasteiger partial charge in [0, 0.05) is 73.0 Å². The summed E-state index contributed by atoms with van der Waals surface area (Å²) in [6.07, 6.45) is 2.23. The van der Waals surface area contributed by atoms with E-state index in [0.29, 0.717) is 49.9 Å². The van der Waals surface area contributed by atoms with Crippen LogP contribution < -0.4 is 9.64 Å². The highest BCUT2D eigenvalue weighted by Gasteiger charge is 2.28. The fourth-order valence-corrected chi connectivity index (χ4v) is 8.47. The Bertz CT molecular complexity index is 2420. The van der Waals surface area contributed by atoms with Crippen molar-refractivity contribution in [2.45, 2.75) is 67.0 Å². The van der Waals surface area contributed by atoms with Gasteiger partial charge in [0.1, 0.15) is 11.4 Å². The molecule has 290 valence electrons. The third kappa shape index (κ3) is 7.47. The number of carboxylic acid groups (broad SMARTS) is 1. The second kappa shape index (κ2) is 16.1. The first-order valence-corrected chi connectivity index (χ1v) is 19.2. The summed E-state index contributed by atoms with van der Waals surface area (Å²) in [5.41, 5.74) is 10.8. The number of likely N-dealkylation sites (N-methyl/N-ethyl adjacent to an activating group) is 1. The van der Waals surface area contributed by atoms with Crippen LogP contribution in [-0.2, 0) is 24.8 Å². The van der Waals surface area contributed by atoms with Crippen LogP contribution >= 0.6 is 23.2 Å². The van der Waals surface area contributed by atoms with E-state index < -0.39 is 5.97 Å². The molecule has 0 aliphatic heterocycles. The fraction of sp³-hybridized carbons (Fsp3) is 0.372. The maximum atomic E-state index is 13.3. The molecule has 1 N–H and O–H groups in total. The molecule has 6 aromatic rings. The molecule has 6 rings (SSSR count). The van der Waals surface area contributed by atoms with Crippen LogP contribution in [0.4, 0.5) is 5.69 Å². The van der Waals surface area contributed by atoms with Gasteiger partial charge in [-0.3, -0.25) is 9.48 Å². The summed E-state index contributed by atoms with van der Waals surface area (Å²) >= 11 is 13.5. The van der Waals surface area contributed by atoms with Gasteiger partial charge in [0.05, 0.1) is 46.3 Å². The summed E-state index contributed by atoms with van der Waals surface area (Å²) < 4.78 is 17.4. The van der Waals surface area contributed by atoms with Gasteiger partial charge in [-0.1, -0.05) is 29.3 Å². The van der Waals surface area contributed by atoms with Crippen molar-refractivity contribution >= 4 is 63.0 Å². The highest BCUT2D eigenvalue weighted by Crippen LogP contribution is 2.43. The predicted molar refractivity (Wildman–Crippen MR) is 222 cm³/mol. The molecule has 0 saturated carbocycles. The van der Waals surface area contributed by atoms with Crippen molar-refractivity contribution in [3.8, 4) is 16.9 Å². The molecular formula is C43H49Cl2N5O5. The molecule has 12 heteroatoms. The predicted octanol–water partition coefficient (Wildman–Crippen LogP) is 9.71. The average molecular weight is 787 g/mol. The number of anilines is 1. The lowest BCUT2D eigenvalue weighted by Crippen LogP contribution is -2.28. The molecule has 0 radical (unpaired) electrons. The Morgan fingerprint density at radius 2 is 1.71 bits per heavy atom. The van der Waals surface area contributed by atoms with Gasteiger partial charge in [0.15, 0.2) is 6.29 Å². The van der Waals surface area contributed by atoms with Crippen molar-refractivity contribution in [1.29, 1.82) is 0 Å². The number of benzene rings is 3. The van der Waals surface area contributed by atoms with E-state index in [9.17, 15) is 14.7 Å². The topological polar surface area (TPSA) is 104 Å². The zero-order valence-electron chi connectivity index (χ0n) is 33.0. The molecule has 0 aliphatic carbocycles. The number of aromatic nitrogens is 4. The molecule has 0 spiro atoms. The number of aryl methyl sites for hydroxylation is 6. The Hall–Kier alpha value is -4.77. The standard InChI is InChI=1S/C43H49Cl2N5O5/c1-24-17-30-21-36(43(52)53)49(14-16-54-9)41(30)35(18-24)47(7)22-27(4)50-37(23-51)32(11-10-15-55-31-19-25(2)40(45)26(3)20-31)33-12-13-34(44)39(42(33)50)38-28(5)46-48(8)29(38)6/h12-13,17-21,23,27H,10-11,14-16,22H2,1-9H3,(H,52,53)/t27-/m1/s1. The van der Waals surface area contributed by atoms with Crippen LogP contribution in [0.25, 0.3) is 32.9 Å². The highest BCUT2D eigenvalue weighted by atomic mass is 35.5. The molecular weight excluding hydrogens is 737 g/mol. The first kappa shape index (κ1) is 39.9. The van der Waals surface area contributed by atoms with E-state index >= 15 is 0 Å². The molecule has 0 fully saturated rings. The van der Waals surface area contributed by atoms with Gasteiger partial charge in [-0.2, -0.15) is 5.10 Å². The lowest BCUT2D eigenvalue weighted by molar-refractivity contribution is 0.0683. The van der Waals surface area contributed by atoms with E-state index in [2.05, 4.69) is 22.5 Å². The molecule has 3 aromatic heterocycles. The summed E-state index contributed by atoms with van der Waals surface area (Å²) in [7, 11) is 5.53. The monoisotopic (exact) mass is 785 g/mol. The van der Waals surface area contributed by atoms with Gasteiger partial charge in [0.2, 0.25) is 0 Å². The number of carbonyl (C=O) groups excluding carboxylic acids is 1. The summed E-state index contributed by atoms with van der Waals surface area (Å²) in [4.78, 5) is 27.9. The fourth-order valence-electron chi connectivity index (χ4n) is 8.11. The minimum atomic E-state index is -0.997. The van der Waals surface area contributed by atoms with Crippen molar-refractivity contribution in [3.63, 3.8) is 0 Å². The molecule has 55 heavy (non-hydrogen) atoms. The highest BCUT2D eigenvalue weighted by molar-refractivity contribution is 6.35. The minimum absolute atomic E-state index is 0.205. The Balaban J connectivity index is 1.46. The van der Waals surface area contributed by atoms with Crippen LogP contribution in [0, 0.1) is 34.6 Å². The second-order valence-electron chi connectivity index (χ2n) is 14.6. The van der Waals surface area contributed by atoms with Crippen LogP contribution in [-0.4, -0.2) is 70.2 Å². The number of hydrogen-bond donors (Lipinski definition) is 1. The van der Waals surface area contributed by atoms with Crippen molar-refractivity contribution < 1.29 is 24.2 Å². The number of ether oxygens (including phenoxy) is 2. The summed E-state index contributed by atoms with van der Waals surface area (Å²) in [5.74, 6) is -0.233. The van der Waals surface area contributed by atoms with Crippen LogP contribution in [0.5, 0.6) is 5.75 Å². The number of hydrogen-bond acceptors (Lipinski definition) is 6. The first-order valence-electron chi connectivity index (χ1n) is 18.5. The number of carbonyl (C=O) groups is 2. The molecule has 0 amide bonds. The number of aldehydes is 1. The molecule has 0 bridgehead atoms. The maximum Gasteiger partial charge on any atom is 0.352 e. The maximum absolute atomic E-state index is 13.3. The van der Waals surface area contributed by atoms with Gasteiger partial charge in [0.25, 0.3) is 0 Å². The van der Waals surface area contributed by atoms with Gasteiger partial charge in [-0.15, -0.1) is 0 Å². The number of methoxy groups -OCH3 is 1. The van der Waals surface area contributed by atoms with E-state index in [1.165, 1.54) is 0 Å². The van der Waals surface area contributed by atoms with Gasteiger partial charge < -0.3 is 28.6 Å². The summed E-state index contributed by atoms with van der Waals surface area (Å²) in [6.45, 7) is 13.8.